The highest BCUT2D eigenvalue weighted by Crippen LogP contribution is 2.31. The van der Waals surface area contributed by atoms with E-state index in [4.69, 9.17) is 9.47 Å². The van der Waals surface area contributed by atoms with Crippen molar-refractivity contribution < 1.29 is 23.5 Å². The Balaban J connectivity index is 1.70. The van der Waals surface area contributed by atoms with Gasteiger partial charge >= 0.3 is 12.2 Å². The molecular weight excluding hydrogens is 351 g/mol. The first kappa shape index (κ1) is 17.9. The van der Waals surface area contributed by atoms with Crippen LogP contribution in [-0.4, -0.2) is 12.2 Å². The monoisotopic (exact) mass is 366 g/mol. The number of nitrogens with one attached hydrogen (secondary N) is 2. The second kappa shape index (κ2) is 8.48. The third-order valence-electron chi connectivity index (χ3n) is 3.37. The molecule has 0 saturated carbocycles. The van der Waals surface area contributed by atoms with Crippen LogP contribution in [0.5, 0.6) is 11.5 Å². The van der Waals surface area contributed by atoms with Gasteiger partial charge in [0.25, 0.3) is 0 Å². The van der Waals surface area contributed by atoms with Crippen molar-refractivity contribution in [3.05, 3.63) is 84.7 Å². The maximum absolute atomic E-state index is 14.1. The van der Waals surface area contributed by atoms with Gasteiger partial charge in [0.1, 0.15) is 0 Å². The number of ether oxygens (including phenoxy) is 2. The topological polar surface area (TPSA) is 76.7 Å². The van der Waals surface area contributed by atoms with Crippen LogP contribution in [0.4, 0.5) is 25.4 Å². The summed E-state index contributed by atoms with van der Waals surface area (Å²) in [6.45, 7) is 0. The van der Waals surface area contributed by atoms with Gasteiger partial charge in [-0.3, -0.25) is 10.6 Å². The smallest absolute Gasteiger partial charge is 0.406 e. The Hall–Kier alpha value is -3.87. The predicted molar refractivity (Wildman–Crippen MR) is 98.6 cm³/mol. The van der Waals surface area contributed by atoms with E-state index >= 15 is 0 Å². The molecule has 0 radical (unpaired) electrons. The van der Waals surface area contributed by atoms with Crippen LogP contribution < -0.4 is 20.1 Å². The van der Waals surface area contributed by atoms with Crippen LogP contribution in [-0.2, 0) is 0 Å². The minimum absolute atomic E-state index is 0.230. The molecule has 0 aliphatic heterocycles. The molecule has 0 aliphatic rings. The number of benzene rings is 3. The summed E-state index contributed by atoms with van der Waals surface area (Å²) in [5, 5.41) is 4.94. The van der Waals surface area contributed by atoms with E-state index in [0.29, 0.717) is 11.4 Å². The third kappa shape index (κ3) is 5.05. The van der Waals surface area contributed by atoms with Crippen LogP contribution in [0.2, 0.25) is 0 Å². The number of halogens is 1. The van der Waals surface area contributed by atoms with E-state index in [2.05, 4.69) is 10.6 Å². The molecule has 27 heavy (non-hydrogen) atoms. The lowest BCUT2D eigenvalue weighted by Gasteiger charge is -2.12. The van der Waals surface area contributed by atoms with Crippen LogP contribution in [0.1, 0.15) is 0 Å². The lowest BCUT2D eigenvalue weighted by molar-refractivity contribution is 0.203. The fraction of sp³-hybridized carbons (Fsp3) is 0. The lowest BCUT2D eigenvalue weighted by atomic mass is 10.3. The summed E-state index contributed by atoms with van der Waals surface area (Å²) in [6.07, 6.45) is -1.76. The minimum Gasteiger partial charge on any atom is -0.406 e. The Morgan fingerprint density at radius 1 is 0.667 bits per heavy atom. The molecular formula is C20H15FN2O4. The van der Waals surface area contributed by atoms with E-state index in [1.165, 1.54) is 12.1 Å². The standard InChI is InChI=1S/C20H15FN2O4/c21-16-12-7-13-17(26-19(24)22-14-8-3-1-4-9-14)18(16)27-20(25)23-15-10-5-2-6-11-15/h1-13H,(H,22,24)(H,23,25). The van der Waals surface area contributed by atoms with Gasteiger partial charge in [0, 0.05) is 11.4 Å². The van der Waals surface area contributed by atoms with Crippen LogP contribution in [0, 0.1) is 5.82 Å². The highest BCUT2D eigenvalue weighted by Gasteiger charge is 2.18. The van der Waals surface area contributed by atoms with Crippen molar-refractivity contribution >= 4 is 23.6 Å². The van der Waals surface area contributed by atoms with Crippen molar-refractivity contribution in [1.29, 1.82) is 0 Å². The molecule has 6 nitrogen and oxygen atoms in total. The average Bonchev–Trinajstić information content (AvgIpc) is 2.66. The Morgan fingerprint density at radius 2 is 1.19 bits per heavy atom. The lowest BCUT2D eigenvalue weighted by Crippen LogP contribution is -2.20. The highest BCUT2D eigenvalue weighted by atomic mass is 19.1. The number of amides is 2. The zero-order chi connectivity index (χ0) is 19.1. The largest absolute Gasteiger partial charge is 0.417 e. The summed E-state index contributed by atoms with van der Waals surface area (Å²) in [4.78, 5) is 24.0. The Labute approximate surface area is 154 Å². The summed E-state index contributed by atoms with van der Waals surface area (Å²) in [5.74, 6) is -1.57. The van der Waals surface area contributed by atoms with Crippen molar-refractivity contribution in [2.24, 2.45) is 0 Å². The zero-order valence-corrected chi connectivity index (χ0v) is 14.0. The minimum atomic E-state index is -0.917. The van der Waals surface area contributed by atoms with Gasteiger partial charge in [-0.25, -0.2) is 14.0 Å². The molecule has 136 valence electrons. The van der Waals surface area contributed by atoms with E-state index in [9.17, 15) is 14.0 Å². The van der Waals surface area contributed by atoms with Gasteiger partial charge in [0.05, 0.1) is 0 Å². The average molecular weight is 366 g/mol. The van der Waals surface area contributed by atoms with Crippen LogP contribution in [0.3, 0.4) is 0 Å². The Bertz CT molecular complexity index is 933. The summed E-state index contributed by atoms with van der Waals surface area (Å²) in [7, 11) is 0. The number of carbonyl (C=O) groups excluding carboxylic acids is 2. The molecule has 0 spiro atoms. The molecule has 0 heterocycles. The first-order valence-corrected chi connectivity index (χ1v) is 7.98. The second-order valence-corrected chi connectivity index (χ2v) is 5.33. The molecule has 0 fully saturated rings. The molecule has 3 aromatic rings. The van der Waals surface area contributed by atoms with Crippen molar-refractivity contribution in [3.63, 3.8) is 0 Å². The number of rotatable bonds is 4. The second-order valence-electron chi connectivity index (χ2n) is 5.33. The van der Waals surface area contributed by atoms with E-state index in [0.717, 1.165) is 6.07 Å². The van der Waals surface area contributed by atoms with Crippen molar-refractivity contribution in [3.8, 4) is 11.5 Å². The highest BCUT2D eigenvalue weighted by molar-refractivity contribution is 5.88. The molecule has 0 atom stereocenters. The molecule has 0 unspecified atom stereocenters. The molecule has 2 N–H and O–H groups in total. The van der Waals surface area contributed by atoms with Crippen molar-refractivity contribution in [2.45, 2.75) is 0 Å². The van der Waals surface area contributed by atoms with Crippen LogP contribution >= 0.6 is 0 Å². The molecule has 3 rings (SSSR count). The van der Waals surface area contributed by atoms with Gasteiger partial charge in [0.2, 0.25) is 5.75 Å². The molecule has 0 aliphatic carbocycles. The fourth-order valence-electron chi connectivity index (χ4n) is 2.19. The van der Waals surface area contributed by atoms with Crippen molar-refractivity contribution in [2.75, 3.05) is 10.6 Å². The van der Waals surface area contributed by atoms with E-state index in [1.54, 1.807) is 60.7 Å². The first-order chi connectivity index (χ1) is 13.1. The number of carbonyl (C=O) groups is 2. The maximum Gasteiger partial charge on any atom is 0.417 e. The van der Waals surface area contributed by atoms with Gasteiger partial charge < -0.3 is 9.47 Å². The maximum atomic E-state index is 14.1. The van der Waals surface area contributed by atoms with Gasteiger partial charge in [0.15, 0.2) is 11.6 Å². The summed E-state index contributed by atoms with van der Waals surface area (Å²) >= 11 is 0. The predicted octanol–water partition coefficient (Wildman–Crippen LogP) is 5.05. The van der Waals surface area contributed by atoms with Gasteiger partial charge in [-0.15, -0.1) is 0 Å². The fourth-order valence-corrected chi connectivity index (χ4v) is 2.19. The molecule has 0 bridgehead atoms. The molecule has 3 aromatic carbocycles. The number of para-hydroxylation sites is 3. The number of hydrogen-bond acceptors (Lipinski definition) is 4. The van der Waals surface area contributed by atoms with Gasteiger partial charge in [-0.2, -0.15) is 0 Å². The summed E-state index contributed by atoms with van der Waals surface area (Å²) in [6, 6.07) is 20.9. The zero-order valence-electron chi connectivity index (χ0n) is 14.0. The van der Waals surface area contributed by atoms with Gasteiger partial charge in [-0.1, -0.05) is 42.5 Å². The van der Waals surface area contributed by atoms with Crippen LogP contribution in [0.25, 0.3) is 0 Å². The normalized spacial score (nSPS) is 9.96. The quantitative estimate of drug-likeness (QED) is 0.678. The molecule has 0 aromatic heterocycles. The first-order valence-electron chi connectivity index (χ1n) is 7.98. The Morgan fingerprint density at radius 3 is 1.74 bits per heavy atom. The third-order valence-corrected chi connectivity index (χ3v) is 3.37. The molecule has 7 heteroatoms. The van der Waals surface area contributed by atoms with Crippen LogP contribution in [0.15, 0.2) is 78.9 Å². The number of anilines is 2. The SMILES string of the molecule is O=C(Nc1ccccc1)Oc1cccc(F)c1OC(=O)Nc1ccccc1. The van der Waals surface area contributed by atoms with Gasteiger partial charge in [-0.05, 0) is 36.4 Å². The van der Waals surface area contributed by atoms with Crippen molar-refractivity contribution in [1.82, 2.24) is 0 Å². The van der Waals surface area contributed by atoms with E-state index in [-0.39, 0.29) is 5.75 Å². The van der Waals surface area contributed by atoms with E-state index < -0.39 is 23.8 Å². The number of hydrogen-bond donors (Lipinski definition) is 2. The summed E-state index contributed by atoms with van der Waals surface area (Å²) < 4.78 is 24.2. The molecule has 2 amide bonds. The Kier molecular flexibility index (Phi) is 5.64. The molecule has 0 saturated heterocycles. The van der Waals surface area contributed by atoms with E-state index in [1.807, 2.05) is 0 Å². The summed E-state index contributed by atoms with van der Waals surface area (Å²) in [5.41, 5.74) is 0.978.